The van der Waals surface area contributed by atoms with Crippen molar-refractivity contribution in [2.45, 2.75) is 38.7 Å². The van der Waals surface area contributed by atoms with Gasteiger partial charge in [0.25, 0.3) is 0 Å². The van der Waals surface area contributed by atoms with E-state index in [1.165, 1.54) is 18.2 Å². The number of amides is 2. The maximum absolute atomic E-state index is 13.8. The van der Waals surface area contributed by atoms with E-state index in [1.54, 1.807) is 40.1 Å². The summed E-state index contributed by atoms with van der Waals surface area (Å²) in [7, 11) is 0. The van der Waals surface area contributed by atoms with Gasteiger partial charge in [0.2, 0.25) is 0 Å². The van der Waals surface area contributed by atoms with Crippen LogP contribution in [0, 0.1) is 18.3 Å². The number of ether oxygens (including phenoxy) is 1. The molecule has 0 saturated carbocycles. The van der Waals surface area contributed by atoms with Crippen LogP contribution in [0.4, 0.5) is 29.3 Å². The molecule has 0 aliphatic carbocycles. The van der Waals surface area contributed by atoms with E-state index in [0.717, 1.165) is 5.56 Å². The summed E-state index contributed by atoms with van der Waals surface area (Å²) in [6.07, 6.45) is -4.83. The van der Waals surface area contributed by atoms with Crippen molar-refractivity contribution >= 4 is 17.4 Å². The van der Waals surface area contributed by atoms with Crippen LogP contribution in [0.1, 0.15) is 36.6 Å². The number of carbonyl (C=O) groups excluding carboxylic acids is 1. The van der Waals surface area contributed by atoms with Crippen molar-refractivity contribution in [3.05, 3.63) is 89.5 Å². The third-order valence-corrected chi connectivity index (χ3v) is 5.88. The lowest BCUT2D eigenvalue weighted by Crippen LogP contribution is -2.43. The van der Waals surface area contributed by atoms with Crippen molar-refractivity contribution in [3.63, 3.8) is 0 Å². The molecule has 4 rings (SSSR count). The zero-order valence-electron chi connectivity index (χ0n) is 18.8. The molecule has 1 aliphatic heterocycles. The van der Waals surface area contributed by atoms with Crippen LogP contribution in [0.15, 0.2) is 72.8 Å². The number of hydrogen-bond acceptors (Lipinski definition) is 3. The lowest BCUT2D eigenvalue weighted by Gasteiger charge is -2.35. The normalized spacial score (nSPS) is 17.6. The number of aryl methyl sites for hydroxylation is 1. The Morgan fingerprint density at radius 1 is 0.971 bits per heavy atom. The Balaban J connectivity index is 1.86. The van der Waals surface area contributed by atoms with Gasteiger partial charge in [-0.15, -0.1) is 13.2 Å². The number of halogens is 3. The standard InChI is InChI=1S/C26H22F3N3O2/c1-17-7-11-20(12-8-17)31-23(19-5-4-6-22(15-19)34-26(27,28)29)25(2,3)32(24(31)33)21-13-9-18(16-30)10-14-21/h4-15,23H,1-3H3/t23-/m1/s1. The summed E-state index contributed by atoms with van der Waals surface area (Å²) >= 11 is 0. The molecule has 5 nitrogen and oxygen atoms in total. The molecule has 1 fully saturated rings. The van der Waals surface area contributed by atoms with Gasteiger partial charge >= 0.3 is 12.4 Å². The monoisotopic (exact) mass is 465 g/mol. The number of alkyl halides is 3. The molecule has 0 N–H and O–H groups in total. The number of urea groups is 1. The van der Waals surface area contributed by atoms with E-state index in [9.17, 15) is 18.0 Å². The third kappa shape index (κ3) is 4.29. The Labute approximate surface area is 195 Å². The Kier molecular flexibility index (Phi) is 5.74. The molecule has 0 unspecified atom stereocenters. The van der Waals surface area contributed by atoms with E-state index in [1.807, 2.05) is 45.0 Å². The summed E-state index contributed by atoms with van der Waals surface area (Å²) in [5.41, 5.74) is 2.29. The van der Waals surface area contributed by atoms with Crippen molar-refractivity contribution in [1.29, 1.82) is 5.26 Å². The number of anilines is 2. The van der Waals surface area contributed by atoms with E-state index >= 15 is 0 Å². The second-order valence-corrected chi connectivity index (χ2v) is 8.66. The Hall–Kier alpha value is -3.99. The fraction of sp³-hybridized carbons (Fsp3) is 0.231. The van der Waals surface area contributed by atoms with E-state index in [-0.39, 0.29) is 11.8 Å². The molecule has 3 aromatic carbocycles. The number of nitrogens with zero attached hydrogens (tertiary/aromatic N) is 3. The predicted octanol–water partition coefficient (Wildman–Crippen LogP) is 6.73. The first kappa shape index (κ1) is 23.2. The van der Waals surface area contributed by atoms with Crippen molar-refractivity contribution in [2.24, 2.45) is 0 Å². The van der Waals surface area contributed by atoms with Crippen LogP contribution in [0.25, 0.3) is 0 Å². The molecule has 8 heteroatoms. The van der Waals surface area contributed by atoms with Crippen molar-refractivity contribution in [2.75, 3.05) is 9.80 Å². The molecule has 174 valence electrons. The second kappa shape index (κ2) is 8.41. The molecular formula is C26H22F3N3O2. The zero-order valence-corrected chi connectivity index (χ0v) is 18.8. The van der Waals surface area contributed by atoms with Crippen LogP contribution in [-0.2, 0) is 0 Å². The smallest absolute Gasteiger partial charge is 0.406 e. The maximum Gasteiger partial charge on any atom is 0.573 e. The molecule has 0 bridgehead atoms. The molecule has 2 amide bonds. The van der Waals surface area contributed by atoms with Gasteiger partial charge < -0.3 is 4.74 Å². The highest BCUT2D eigenvalue weighted by Crippen LogP contribution is 2.48. The van der Waals surface area contributed by atoms with Crippen LogP contribution in [0.3, 0.4) is 0 Å². The van der Waals surface area contributed by atoms with E-state index < -0.39 is 17.9 Å². The minimum Gasteiger partial charge on any atom is -0.406 e. The van der Waals surface area contributed by atoms with Gasteiger partial charge in [-0.1, -0.05) is 29.8 Å². The summed E-state index contributed by atoms with van der Waals surface area (Å²) < 4.78 is 42.8. The molecule has 1 atom stereocenters. The van der Waals surface area contributed by atoms with Gasteiger partial charge in [-0.2, -0.15) is 5.26 Å². The Morgan fingerprint density at radius 2 is 1.59 bits per heavy atom. The molecule has 0 aromatic heterocycles. The first-order chi connectivity index (χ1) is 16.0. The van der Waals surface area contributed by atoms with E-state index in [2.05, 4.69) is 10.8 Å². The van der Waals surface area contributed by atoms with Crippen molar-refractivity contribution in [3.8, 4) is 11.8 Å². The molecule has 1 saturated heterocycles. The molecule has 0 spiro atoms. The minimum absolute atomic E-state index is 0.328. The summed E-state index contributed by atoms with van der Waals surface area (Å²) in [5, 5.41) is 9.13. The number of rotatable bonds is 4. The lowest BCUT2D eigenvalue weighted by atomic mass is 9.87. The average Bonchev–Trinajstić information content (AvgIpc) is 2.98. The SMILES string of the molecule is Cc1ccc(N2C(=O)N(c3ccc(C#N)cc3)C(C)(C)[C@H]2c2cccc(OC(F)(F)F)c2)cc1. The molecular weight excluding hydrogens is 443 g/mol. The van der Waals surface area contributed by atoms with Gasteiger partial charge in [0, 0.05) is 11.4 Å². The maximum atomic E-state index is 13.8. The molecule has 1 aliphatic rings. The molecule has 1 heterocycles. The highest BCUT2D eigenvalue weighted by atomic mass is 19.4. The summed E-state index contributed by atoms with van der Waals surface area (Å²) in [6.45, 7) is 5.65. The largest absolute Gasteiger partial charge is 0.573 e. The van der Waals surface area contributed by atoms with Crippen LogP contribution in [0.2, 0.25) is 0 Å². The minimum atomic E-state index is -4.83. The topological polar surface area (TPSA) is 56.6 Å². The zero-order chi connectivity index (χ0) is 24.7. The molecule has 3 aromatic rings. The summed E-state index contributed by atoms with van der Waals surface area (Å²) in [5.74, 6) is -0.353. The molecule has 0 radical (unpaired) electrons. The summed E-state index contributed by atoms with van der Waals surface area (Å²) in [4.78, 5) is 17.0. The van der Waals surface area contributed by atoms with Crippen LogP contribution in [-0.4, -0.2) is 17.9 Å². The van der Waals surface area contributed by atoms with E-state index in [4.69, 9.17) is 5.26 Å². The fourth-order valence-electron chi connectivity index (χ4n) is 4.43. The van der Waals surface area contributed by atoms with Gasteiger partial charge in [0.1, 0.15) is 5.75 Å². The Bertz CT molecular complexity index is 1250. The van der Waals surface area contributed by atoms with Crippen LogP contribution in [0.5, 0.6) is 5.75 Å². The average molecular weight is 465 g/mol. The highest BCUT2D eigenvalue weighted by Gasteiger charge is 2.53. The number of hydrogen-bond donors (Lipinski definition) is 0. The number of carbonyl (C=O) groups is 1. The van der Waals surface area contributed by atoms with Crippen molar-refractivity contribution < 1.29 is 22.7 Å². The van der Waals surface area contributed by atoms with Gasteiger partial charge in [-0.3, -0.25) is 9.80 Å². The number of benzene rings is 3. The quantitative estimate of drug-likeness (QED) is 0.429. The highest BCUT2D eigenvalue weighted by molar-refractivity contribution is 6.08. The van der Waals surface area contributed by atoms with Gasteiger partial charge in [0.15, 0.2) is 0 Å². The second-order valence-electron chi connectivity index (χ2n) is 8.66. The third-order valence-electron chi connectivity index (χ3n) is 5.88. The Morgan fingerprint density at radius 3 is 2.18 bits per heavy atom. The van der Waals surface area contributed by atoms with E-state index in [0.29, 0.717) is 22.5 Å². The summed E-state index contributed by atoms with van der Waals surface area (Å²) in [6, 6.07) is 20.8. The first-order valence-electron chi connectivity index (χ1n) is 10.6. The molecule has 34 heavy (non-hydrogen) atoms. The number of nitriles is 1. The first-order valence-corrected chi connectivity index (χ1v) is 10.6. The van der Waals surface area contributed by atoms with Crippen LogP contribution < -0.4 is 14.5 Å². The van der Waals surface area contributed by atoms with Crippen LogP contribution >= 0.6 is 0 Å². The fourth-order valence-corrected chi connectivity index (χ4v) is 4.43. The predicted molar refractivity (Wildman–Crippen MR) is 123 cm³/mol. The van der Waals surface area contributed by atoms with Crippen molar-refractivity contribution in [1.82, 2.24) is 0 Å². The van der Waals surface area contributed by atoms with Gasteiger partial charge in [0.05, 0.1) is 23.2 Å². The lowest BCUT2D eigenvalue weighted by molar-refractivity contribution is -0.274. The van der Waals surface area contributed by atoms with Gasteiger partial charge in [-0.05, 0) is 74.9 Å². The van der Waals surface area contributed by atoms with Gasteiger partial charge in [-0.25, -0.2) is 4.79 Å².